The lowest BCUT2D eigenvalue weighted by molar-refractivity contribution is -0.134. The Morgan fingerprint density at radius 3 is 2.23 bits per heavy atom. The number of hydrogen-bond donors (Lipinski definition) is 7. The second-order valence-corrected chi connectivity index (χ2v) is 8.04. The summed E-state index contributed by atoms with van der Waals surface area (Å²) in [5.74, 6) is -1.35. The topological polar surface area (TPSA) is 215 Å². The van der Waals surface area contributed by atoms with E-state index in [0.717, 1.165) is 0 Å². The fourth-order valence-electron chi connectivity index (χ4n) is 2.43. The number of carbonyl (C=O) groups is 4. The summed E-state index contributed by atoms with van der Waals surface area (Å²) in [7, 11) is 0. The van der Waals surface area contributed by atoms with Crippen molar-refractivity contribution < 1.29 is 24.3 Å². The van der Waals surface area contributed by atoms with Crippen molar-refractivity contribution >= 4 is 41.7 Å². The summed E-state index contributed by atoms with van der Waals surface area (Å²) < 4.78 is 0. The van der Waals surface area contributed by atoms with Crippen LogP contribution in [0, 0.1) is 0 Å². The molecule has 3 amide bonds. The Hall–Kier alpha value is -2.38. The van der Waals surface area contributed by atoms with Gasteiger partial charge in [-0.25, -0.2) is 0 Å². The summed E-state index contributed by atoms with van der Waals surface area (Å²) in [5, 5.41) is 17.3. The van der Waals surface area contributed by atoms with E-state index in [4.69, 9.17) is 17.2 Å². The van der Waals surface area contributed by atoms with Crippen molar-refractivity contribution in [1.29, 1.82) is 0 Å². The van der Waals surface area contributed by atoms with Gasteiger partial charge in [0.2, 0.25) is 17.7 Å². The minimum atomic E-state index is -1.32. The summed E-state index contributed by atoms with van der Waals surface area (Å²) in [6, 6.07) is -3.95. The third-order valence-corrected chi connectivity index (χ3v) is 4.83. The summed E-state index contributed by atoms with van der Waals surface area (Å²) in [6.45, 7) is 3.01. The molecule has 0 aromatic carbocycles. The van der Waals surface area contributed by atoms with Gasteiger partial charge in [0.1, 0.15) is 18.4 Å². The third kappa shape index (κ3) is 12.2. The summed E-state index contributed by atoms with van der Waals surface area (Å²) >= 11 is 1.54. The molecule has 0 spiro atoms. The number of aliphatic hydroxyl groups excluding tert-OH is 1. The Morgan fingerprint density at radius 2 is 1.71 bits per heavy atom. The van der Waals surface area contributed by atoms with Crippen molar-refractivity contribution in [1.82, 2.24) is 16.0 Å². The third-order valence-electron chi connectivity index (χ3n) is 4.18. The van der Waals surface area contributed by atoms with E-state index in [1.54, 1.807) is 0 Å². The van der Waals surface area contributed by atoms with Gasteiger partial charge >= 0.3 is 0 Å². The number of amides is 3. The number of hydrogen-bond acceptors (Lipinski definition) is 8. The van der Waals surface area contributed by atoms with Crippen LogP contribution in [0.5, 0.6) is 0 Å². The molecule has 31 heavy (non-hydrogen) atoms. The second kappa shape index (κ2) is 15.4. The molecule has 0 fully saturated rings. The average Bonchev–Trinajstić information content (AvgIpc) is 2.71. The zero-order valence-electron chi connectivity index (χ0n) is 18.2. The van der Waals surface area contributed by atoms with Gasteiger partial charge in [0.05, 0.1) is 18.2 Å². The quantitative estimate of drug-likeness (QED) is 0.0578. The van der Waals surface area contributed by atoms with E-state index < -0.39 is 48.0 Å². The molecule has 0 saturated carbocycles. The van der Waals surface area contributed by atoms with Crippen LogP contribution in [0.15, 0.2) is 4.99 Å². The van der Waals surface area contributed by atoms with Gasteiger partial charge in [-0.05, 0) is 45.1 Å². The monoisotopic (exact) mass is 461 g/mol. The molecule has 0 aromatic heterocycles. The number of rotatable bonds is 15. The molecule has 10 N–H and O–H groups in total. The molecule has 12 nitrogen and oxygen atoms in total. The second-order valence-electron chi connectivity index (χ2n) is 7.06. The standard InChI is InChI=1S/C18H35N7O5S/c1-10(9-26)23-17(30)14(11(2)27)25-16(29)13(5-4-7-22-18(20)21)24-15(28)12(19)6-8-31-3/h9-14,27H,4-8,19H2,1-3H3,(H,23,30)(H,24,28)(H,25,29)(H4,20,21,22)/t10-,11+,12-,13-,14-/m0/s1. The zero-order chi connectivity index (χ0) is 24.0. The number of thioether (sulfide) groups is 1. The van der Waals surface area contributed by atoms with E-state index >= 15 is 0 Å². The summed E-state index contributed by atoms with van der Waals surface area (Å²) in [5.41, 5.74) is 16.4. The lowest BCUT2D eigenvalue weighted by Crippen LogP contribution is -2.59. The Kier molecular flexibility index (Phi) is 14.2. The van der Waals surface area contributed by atoms with Gasteiger partial charge in [-0.2, -0.15) is 11.8 Å². The number of guanidine groups is 1. The van der Waals surface area contributed by atoms with Crippen molar-refractivity contribution in [3.8, 4) is 0 Å². The van der Waals surface area contributed by atoms with Crippen LogP contribution in [-0.4, -0.2) is 83.9 Å². The van der Waals surface area contributed by atoms with E-state index in [1.807, 2.05) is 6.26 Å². The van der Waals surface area contributed by atoms with E-state index in [0.29, 0.717) is 24.9 Å². The molecule has 13 heteroatoms. The number of nitrogens with one attached hydrogen (secondary N) is 3. The first kappa shape index (κ1) is 28.6. The Balaban J connectivity index is 5.28. The highest BCUT2D eigenvalue weighted by Gasteiger charge is 2.30. The van der Waals surface area contributed by atoms with E-state index in [-0.39, 0.29) is 18.9 Å². The number of nitrogens with two attached hydrogens (primary N) is 3. The molecule has 0 rings (SSSR count). The Morgan fingerprint density at radius 1 is 1.06 bits per heavy atom. The fraction of sp³-hybridized carbons (Fsp3) is 0.722. The van der Waals surface area contributed by atoms with Gasteiger partial charge in [0.25, 0.3) is 0 Å². The largest absolute Gasteiger partial charge is 0.391 e. The van der Waals surface area contributed by atoms with Crippen molar-refractivity contribution in [2.75, 3.05) is 18.6 Å². The zero-order valence-corrected chi connectivity index (χ0v) is 19.0. The number of aliphatic imine (C=N–C) groups is 1. The predicted octanol–water partition coefficient (Wildman–Crippen LogP) is -2.83. The highest BCUT2D eigenvalue weighted by atomic mass is 32.2. The molecule has 0 aromatic rings. The Labute approximate surface area is 186 Å². The van der Waals surface area contributed by atoms with E-state index in [1.165, 1.54) is 25.6 Å². The van der Waals surface area contributed by atoms with Crippen LogP contribution in [0.3, 0.4) is 0 Å². The van der Waals surface area contributed by atoms with E-state index in [9.17, 15) is 24.3 Å². The van der Waals surface area contributed by atoms with Crippen LogP contribution in [0.1, 0.15) is 33.1 Å². The van der Waals surface area contributed by atoms with E-state index in [2.05, 4.69) is 20.9 Å². The highest BCUT2D eigenvalue weighted by molar-refractivity contribution is 7.98. The summed E-state index contributed by atoms with van der Waals surface area (Å²) in [6.07, 6.45) is 2.12. The minimum absolute atomic E-state index is 0.0979. The van der Waals surface area contributed by atoms with Crippen molar-refractivity contribution in [3.63, 3.8) is 0 Å². The number of aldehydes is 1. The van der Waals surface area contributed by atoms with Gasteiger partial charge in [-0.15, -0.1) is 0 Å². The molecular formula is C18H35N7O5S. The van der Waals surface area contributed by atoms with Crippen LogP contribution < -0.4 is 33.2 Å². The van der Waals surface area contributed by atoms with Crippen LogP contribution in [0.4, 0.5) is 0 Å². The maximum atomic E-state index is 12.8. The van der Waals surface area contributed by atoms with Crippen LogP contribution in [0.25, 0.3) is 0 Å². The molecule has 0 aliphatic heterocycles. The molecule has 0 heterocycles. The first-order valence-corrected chi connectivity index (χ1v) is 11.3. The lowest BCUT2D eigenvalue weighted by Gasteiger charge is -2.26. The summed E-state index contributed by atoms with van der Waals surface area (Å²) in [4.78, 5) is 52.1. The lowest BCUT2D eigenvalue weighted by atomic mass is 10.1. The molecule has 0 aliphatic rings. The molecule has 0 bridgehead atoms. The molecule has 0 saturated heterocycles. The van der Waals surface area contributed by atoms with Crippen molar-refractivity contribution in [2.24, 2.45) is 22.2 Å². The molecule has 178 valence electrons. The molecule has 0 unspecified atom stereocenters. The first-order chi connectivity index (χ1) is 14.5. The van der Waals surface area contributed by atoms with Gasteiger partial charge in [0, 0.05) is 6.54 Å². The smallest absolute Gasteiger partial charge is 0.245 e. The Bertz CT molecular complexity index is 628. The highest BCUT2D eigenvalue weighted by Crippen LogP contribution is 2.04. The van der Waals surface area contributed by atoms with Gasteiger partial charge in [-0.3, -0.25) is 19.4 Å². The number of nitrogens with zero attached hydrogens (tertiary/aromatic N) is 1. The molecule has 0 radical (unpaired) electrons. The van der Waals surface area contributed by atoms with Crippen LogP contribution >= 0.6 is 11.8 Å². The maximum Gasteiger partial charge on any atom is 0.245 e. The van der Waals surface area contributed by atoms with Crippen molar-refractivity contribution in [2.45, 2.75) is 63.4 Å². The maximum absolute atomic E-state index is 12.8. The number of aliphatic hydroxyl groups is 1. The van der Waals surface area contributed by atoms with Crippen LogP contribution in [0.2, 0.25) is 0 Å². The SMILES string of the molecule is CSCC[C@H](N)C(=O)N[C@@H](CCCN=C(N)N)C(=O)N[C@H](C(=O)N[C@@H](C)C=O)[C@@H](C)O. The van der Waals surface area contributed by atoms with Gasteiger partial charge in [-0.1, -0.05) is 0 Å². The van der Waals surface area contributed by atoms with Crippen molar-refractivity contribution in [3.05, 3.63) is 0 Å². The predicted molar refractivity (Wildman–Crippen MR) is 120 cm³/mol. The fourth-order valence-corrected chi connectivity index (χ4v) is 2.92. The molecular weight excluding hydrogens is 426 g/mol. The van der Waals surface area contributed by atoms with Gasteiger partial charge in [0.15, 0.2) is 5.96 Å². The number of carbonyl (C=O) groups excluding carboxylic acids is 4. The molecule has 5 atom stereocenters. The molecule has 0 aliphatic carbocycles. The van der Waals surface area contributed by atoms with Gasteiger partial charge < -0.3 is 43.1 Å². The first-order valence-electron chi connectivity index (χ1n) is 9.87. The van der Waals surface area contributed by atoms with Crippen LogP contribution in [-0.2, 0) is 19.2 Å². The normalized spacial score (nSPS) is 15.5. The minimum Gasteiger partial charge on any atom is -0.391 e. The average molecular weight is 462 g/mol.